The van der Waals surface area contributed by atoms with Crippen molar-refractivity contribution in [3.8, 4) is 0 Å². The van der Waals surface area contributed by atoms with Crippen molar-refractivity contribution < 1.29 is 9.59 Å². The molecule has 18 heavy (non-hydrogen) atoms. The Balaban J connectivity index is 1.95. The summed E-state index contributed by atoms with van der Waals surface area (Å²) in [6, 6.07) is -0.395. The topological polar surface area (TPSA) is 62.3 Å². The van der Waals surface area contributed by atoms with Gasteiger partial charge in [0.25, 0.3) is 0 Å². The molecule has 0 saturated carbocycles. The molecule has 0 aromatic carbocycles. The average Bonchev–Trinajstić information content (AvgIpc) is 2.95. The van der Waals surface area contributed by atoms with Gasteiger partial charge >= 0.3 is 0 Å². The zero-order valence-electron chi connectivity index (χ0n) is 10.5. The first-order valence-corrected chi connectivity index (χ1v) is 6.98. The second kappa shape index (κ2) is 5.58. The van der Waals surface area contributed by atoms with Crippen molar-refractivity contribution in [1.29, 1.82) is 0 Å². The van der Waals surface area contributed by atoms with E-state index in [0.717, 1.165) is 11.3 Å². The number of nitrogens with one attached hydrogen (secondary N) is 1. The molecule has 2 heterocycles. The minimum atomic E-state index is -0.381. The molecule has 2 amide bonds. The molecule has 0 aliphatic carbocycles. The van der Waals surface area contributed by atoms with Crippen LogP contribution in [0.3, 0.4) is 0 Å². The number of amides is 2. The second-order valence-corrected chi connectivity index (χ2v) is 5.44. The number of hydrogen-bond acceptors (Lipinski definition) is 5. The molecule has 1 aliphatic rings. The molecule has 0 bridgehead atoms. The maximum atomic E-state index is 12.1. The van der Waals surface area contributed by atoms with Gasteiger partial charge in [0.15, 0.2) is 0 Å². The Hall–Kier alpha value is -1.27. The van der Waals surface area contributed by atoms with Crippen LogP contribution in [-0.4, -0.2) is 33.8 Å². The first kappa shape index (κ1) is 13.2. The van der Waals surface area contributed by atoms with Gasteiger partial charge in [-0.1, -0.05) is 6.92 Å². The van der Waals surface area contributed by atoms with E-state index in [0.29, 0.717) is 6.54 Å². The van der Waals surface area contributed by atoms with Gasteiger partial charge in [-0.25, -0.2) is 0 Å². The monoisotopic (exact) mass is 267 g/mol. The number of hydrogen-bond donors (Lipinski definition) is 1. The van der Waals surface area contributed by atoms with Crippen LogP contribution >= 0.6 is 11.3 Å². The normalized spacial score (nSPS) is 21.7. The summed E-state index contributed by atoms with van der Waals surface area (Å²) >= 11 is 1.54. The number of likely N-dealkylation sites (tertiary alicyclic amines) is 1. The Morgan fingerprint density at radius 2 is 2.39 bits per heavy atom. The molecule has 2 unspecified atom stereocenters. The summed E-state index contributed by atoms with van der Waals surface area (Å²) in [7, 11) is 0. The van der Waals surface area contributed by atoms with Crippen molar-refractivity contribution in [3.63, 3.8) is 0 Å². The van der Waals surface area contributed by atoms with Crippen molar-refractivity contribution in [2.24, 2.45) is 0 Å². The van der Waals surface area contributed by atoms with Crippen molar-refractivity contribution in [2.45, 2.75) is 45.3 Å². The number of imide groups is 1. The fourth-order valence-electron chi connectivity index (χ4n) is 2.01. The van der Waals surface area contributed by atoms with Crippen LogP contribution in [0, 0.1) is 0 Å². The maximum absolute atomic E-state index is 12.1. The number of carbonyl (C=O) groups is 2. The SMILES string of the molecule is CCC(C)N1C(=O)CC(NCc2cncs2)C1=O. The number of nitrogens with zero attached hydrogens (tertiary/aromatic N) is 2. The highest BCUT2D eigenvalue weighted by atomic mass is 32.1. The van der Waals surface area contributed by atoms with Crippen LogP contribution in [0.2, 0.25) is 0 Å². The van der Waals surface area contributed by atoms with Gasteiger partial charge in [0.2, 0.25) is 11.8 Å². The van der Waals surface area contributed by atoms with Crippen molar-refractivity contribution in [1.82, 2.24) is 15.2 Å². The van der Waals surface area contributed by atoms with E-state index in [1.54, 1.807) is 11.7 Å². The molecule has 1 fully saturated rings. The molecule has 0 radical (unpaired) electrons. The van der Waals surface area contributed by atoms with Gasteiger partial charge in [0.05, 0.1) is 18.0 Å². The van der Waals surface area contributed by atoms with E-state index in [9.17, 15) is 9.59 Å². The fraction of sp³-hybridized carbons (Fsp3) is 0.583. The van der Waals surface area contributed by atoms with Crippen LogP contribution in [0.4, 0.5) is 0 Å². The van der Waals surface area contributed by atoms with Gasteiger partial charge in [-0.15, -0.1) is 11.3 Å². The Labute approximate surface area is 110 Å². The molecule has 1 aliphatic heterocycles. The number of carbonyl (C=O) groups excluding carboxylic acids is 2. The van der Waals surface area contributed by atoms with Crippen molar-refractivity contribution in [2.75, 3.05) is 0 Å². The summed E-state index contributed by atoms with van der Waals surface area (Å²) in [5.41, 5.74) is 1.75. The second-order valence-electron chi connectivity index (χ2n) is 4.46. The molecular weight excluding hydrogens is 250 g/mol. The molecule has 1 saturated heterocycles. The smallest absolute Gasteiger partial charge is 0.247 e. The Morgan fingerprint density at radius 3 is 3.00 bits per heavy atom. The summed E-state index contributed by atoms with van der Waals surface area (Å²) < 4.78 is 0. The first-order valence-electron chi connectivity index (χ1n) is 6.10. The summed E-state index contributed by atoms with van der Waals surface area (Å²) in [5.74, 6) is -0.171. The Bertz CT molecular complexity index is 433. The van der Waals surface area contributed by atoms with E-state index < -0.39 is 0 Å². The number of aromatic nitrogens is 1. The molecule has 1 aromatic rings. The molecule has 98 valence electrons. The molecule has 2 atom stereocenters. The van der Waals surface area contributed by atoms with Crippen LogP contribution in [0.5, 0.6) is 0 Å². The van der Waals surface area contributed by atoms with Crippen LogP contribution in [-0.2, 0) is 16.1 Å². The highest BCUT2D eigenvalue weighted by Crippen LogP contribution is 2.18. The van der Waals surface area contributed by atoms with Crippen LogP contribution in [0.15, 0.2) is 11.7 Å². The lowest BCUT2D eigenvalue weighted by Gasteiger charge is -2.21. The first-order chi connectivity index (χ1) is 8.63. The molecule has 1 aromatic heterocycles. The lowest BCUT2D eigenvalue weighted by atomic mass is 10.2. The Morgan fingerprint density at radius 1 is 1.61 bits per heavy atom. The van der Waals surface area contributed by atoms with Gasteiger partial charge in [-0.3, -0.25) is 19.5 Å². The van der Waals surface area contributed by atoms with Crippen molar-refractivity contribution >= 4 is 23.2 Å². The number of rotatable bonds is 5. The molecule has 2 rings (SSSR count). The van der Waals surface area contributed by atoms with Gasteiger partial charge in [-0.2, -0.15) is 0 Å². The van der Waals surface area contributed by atoms with Crippen molar-refractivity contribution in [3.05, 3.63) is 16.6 Å². The van der Waals surface area contributed by atoms with Crippen LogP contribution in [0.1, 0.15) is 31.6 Å². The molecule has 1 N–H and O–H groups in total. The van der Waals surface area contributed by atoms with Gasteiger partial charge < -0.3 is 5.32 Å². The third-order valence-electron chi connectivity index (χ3n) is 3.22. The zero-order valence-corrected chi connectivity index (χ0v) is 11.4. The summed E-state index contributed by atoms with van der Waals surface area (Å²) in [6.07, 6.45) is 2.83. The lowest BCUT2D eigenvalue weighted by Crippen LogP contribution is -2.42. The van der Waals surface area contributed by atoms with Gasteiger partial charge in [-0.05, 0) is 13.3 Å². The van der Waals surface area contributed by atoms with E-state index in [4.69, 9.17) is 0 Å². The summed E-state index contributed by atoms with van der Waals surface area (Å²) in [6.45, 7) is 4.47. The third kappa shape index (κ3) is 2.59. The molecule has 5 nitrogen and oxygen atoms in total. The van der Waals surface area contributed by atoms with Gasteiger partial charge in [0, 0.05) is 23.7 Å². The Kier molecular flexibility index (Phi) is 4.08. The van der Waals surface area contributed by atoms with E-state index >= 15 is 0 Å². The van der Waals surface area contributed by atoms with E-state index in [1.807, 2.05) is 13.8 Å². The van der Waals surface area contributed by atoms with Gasteiger partial charge in [0.1, 0.15) is 0 Å². The average molecular weight is 267 g/mol. The van der Waals surface area contributed by atoms with E-state index in [1.165, 1.54) is 16.2 Å². The predicted molar refractivity (Wildman–Crippen MR) is 69.0 cm³/mol. The highest BCUT2D eigenvalue weighted by Gasteiger charge is 2.40. The standard InChI is InChI=1S/C12H17N3O2S/c1-3-8(2)15-11(16)4-10(12(15)17)14-6-9-5-13-7-18-9/h5,7-8,10,14H,3-4,6H2,1-2H3. The lowest BCUT2D eigenvalue weighted by molar-refractivity contribution is -0.141. The molecule has 6 heteroatoms. The minimum absolute atomic E-state index is 0.0137. The quantitative estimate of drug-likeness (QED) is 0.813. The molecular formula is C12H17N3O2S. The largest absolute Gasteiger partial charge is 0.300 e. The zero-order chi connectivity index (χ0) is 13.1. The maximum Gasteiger partial charge on any atom is 0.247 e. The third-order valence-corrected chi connectivity index (χ3v) is 4.00. The number of thiazole rings is 1. The summed E-state index contributed by atoms with van der Waals surface area (Å²) in [5, 5.41) is 3.13. The predicted octanol–water partition coefficient (Wildman–Crippen LogP) is 1.16. The van der Waals surface area contributed by atoms with Crippen LogP contribution < -0.4 is 5.32 Å². The fourth-order valence-corrected chi connectivity index (χ4v) is 2.55. The highest BCUT2D eigenvalue weighted by molar-refractivity contribution is 7.09. The summed E-state index contributed by atoms with van der Waals surface area (Å²) in [4.78, 5) is 30.4. The molecule has 0 spiro atoms. The van der Waals surface area contributed by atoms with E-state index in [2.05, 4.69) is 10.3 Å². The van der Waals surface area contributed by atoms with Crippen LogP contribution in [0.25, 0.3) is 0 Å². The minimum Gasteiger partial charge on any atom is -0.300 e. The van der Waals surface area contributed by atoms with E-state index in [-0.39, 0.29) is 30.3 Å².